The molecule has 0 N–H and O–H groups in total. The second-order valence-electron chi connectivity index (χ2n) is 23.8. The molecule has 76 heavy (non-hydrogen) atoms. The molecule has 0 bridgehead atoms. The SMILES string of the molecule is CCCCCCCC/C=C\CCCCCCCCCCCC(=O)OC(COC(=O)CCCCCCCCCCCCCCC)COC(=O)CCCCCCCCCCCCCCCCCCCCCCCCCCCC. The van der Waals surface area contributed by atoms with Gasteiger partial charge in [0.05, 0.1) is 0 Å². The number of hydrogen-bond acceptors (Lipinski definition) is 6. The summed E-state index contributed by atoms with van der Waals surface area (Å²) in [5.41, 5.74) is 0. The van der Waals surface area contributed by atoms with E-state index in [0.29, 0.717) is 19.3 Å². The highest BCUT2D eigenvalue weighted by molar-refractivity contribution is 5.71. The van der Waals surface area contributed by atoms with Gasteiger partial charge in [0.1, 0.15) is 13.2 Å². The van der Waals surface area contributed by atoms with E-state index in [1.165, 1.54) is 302 Å². The molecule has 0 aliphatic rings. The molecule has 0 amide bonds. The fraction of sp³-hybridized carbons (Fsp3) is 0.929. The van der Waals surface area contributed by atoms with E-state index in [1.807, 2.05) is 0 Å². The van der Waals surface area contributed by atoms with E-state index in [9.17, 15) is 14.4 Å². The molecule has 0 spiro atoms. The van der Waals surface area contributed by atoms with Gasteiger partial charge in [-0.15, -0.1) is 0 Å². The van der Waals surface area contributed by atoms with Gasteiger partial charge < -0.3 is 14.2 Å². The van der Waals surface area contributed by atoms with Crippen molar-refractivity contribution in [2.24, 2.45) is 0 Å². The summed E-state index contributed by atoms with van der Waals surface area (Å²) >= 11 is 0. The van der Waals surface area contributed by atoms with Gasteiger partial charge in [-0.05, 0) is 44.9 Å². The van der Waals surface area contributed by atoms with Crippen molar-refractivity contribution >= 4 is 17.9 Å². The van der Waals surface area contributed by atoms with E-state index in [-0.39, 0.29) is 31.1 Å². The summed E-state index contributed by atoms with van der Waals surface area (Å²) in [5.74, 6) is -0.832. The van der Waals surface area contributed by atoms with Gasteiger partial charge in [-0.1, -0.05) is 348 Å². The van der Waals surface area contributed by atoms with Crippen LogP contribution in [0.4, 0.5) is 0 Å². The zero-order valence-corrected chi connectivity index (χ0v) is 51.8. The van der Waals surface area contributed by atoms with Crippen LogP contribution in [-0.4, -0.2) is 37.2 Å². The molecule has 0 rings (SSSR count). The Morgan fingerprint density at radius 2 is 0.434 bits per heavy atom. The lowest BCUT2D eigenvalue weighted by atomic mass is 10.0. The zero-order valence-electron chi connectivity index (χ0n) is 51.8. The van der Waals surface area contributed by atoms with Gasteiger partial charge in [0.15, 0.2) is 6.10 Å². The van der Waals surface area contributed by atoms with E-state index in [0.717, 1.165) is 57.8 Å². The van der Waals surface area contributed by atoms with Crippen LogP contribution in [0.25, 0.3) is 0 Å². The standard InChI is InChI=1S/C70H134O6/c1-4-7-10-13-16-19-22-25-27-29-31-32-33-34-35-36-37-39-40-42-45-48-51-54-57-60-63-69(72)75-66-67(65-74-68(71)62-59-56-53-50-47-44-24-21-18-15-12-9-6-3)76-70(73)64-61-58-55-52-49-46-43-41-38-30-28-26-23-20-17-14-11-8-5-2/h26,28,67H,4-25,27,29-66H2,1-3H3/b28-26-. The smallest absolute Gasteiger partial charge is 0.306 e. The Hall–Kier alpha value is -1.85. The number of ether oxygens (including phenoxy) is 3. The number of carbonyl (C=O) groups is 3. The molecule has 0 saturated carbocycles. The van der Waals surface area contributed by atoms with Crippen LogP contribution in [0.3, 0.4) is 0 Å². The molecule has 6 heteroatoms. The van der Waals surface area contributed by atoms with Crippen LogP contribution in [0.15, 0.2) is 12.2 Å². The maximum absolute atomic E-state index is 12.9. The third kappa shape index (κ3) is 63.0. The lowest BCUT2D eigenvalue weighted by molar-refractivity contribution is -0.167. The predicted molar refractivity (Wildman–Crippen MR) is 330 cm³/mol. The van der Waals surface area contributed by atoms with E-state index >= 15 is 0 Å². The first-order valence-electron chi connectivity index (χ1n) is 34.7. The lowest BCUT2D eigenvalue weighted by Gasteiger charge is -2.18. The molecule has 0 aliphatic carbocycles. The summed E-state index contributed by atoms with van der Waals surface area (Å²) in [7, 11) is 0. The second-order valence-corrected chi connectivity index (χ2v) is 23.8. The van der Waals surface area contributed by atoms with Crippen LogP contribution in [0.2, 0.25) is 0 Å². The highest BCUT2D eigenvalue weighted by Crippen LogP contribution is 2.19. The average molecular weight is 1070 g/mol. The average Bonchev–Trinajstić information content (AvgIpc) is 3.42. The summed E-state index contributed by atoms with van der Waals surface area (Å²) in [6.45, 7) is 6.72. The van der Waals surface area contributed by atoms with Crippen molar-refractivity contribution in [3.8, 4) is 0 Å². The summed E-state index contributed by atoms with van der Waals surface area (Å²) in [6.07, 6.45) is 78.1. The van der Waals surface area contributed by atoms with Crippen molar-refractivity contribution < 1.29 is 28.6 Å². The van der Waals surface area contributed by atoms with Crippen molar-refractivity contribution in [1.82, 2.24) is 0 Å². The Morgan fingerprint density at radius 3 is 0.658 bits per heavy atom. The summed E-state index contributed by atoms with van der Waals surface area (Å²) in [5, 5.41) is 0. The van der Waals surface area contributed by atoms with Crippen molar-refractivity contribution in [3.63, 3.8) is 0 Å². The van der Waals surface area contributed by atoms with Gasteiger partial charge in [0.25, 0.3) is 0 Å². The molecular weight excluding hydrogens is 937 g/mol. The fourth-order valence-electron chi connectivity index (χ4n) is 10.8. The topological polar surface area (TPSA) is 78.9 Å². The Morgan fingerprint density at radius 1 is 0.250 bits per heavy atom. The monoisotopic (exact) mass is 1070 g/mol. The van der Waals surface area contributed by atoms with Crippen molar-refractivity contribution in [3.05, 3.63) is 12.2 Å². The van der Waals surface area contributed by atoms with E-state index in [2.05, 4.69) is 32.9 Å². The highest BCUT2D eigenvalue weighted by atomic mass is 16.6. The largest absolute Gasteiger partial charge is 0.462 e. The third-order valence-corrected chi connectivity index (χ3v) is 16.0. The molecule has 0 heterocycles. The number of esters is 3. The van der Waals surface area contributed by atoms with Gasteiger partial charge in [0, 0.05) is 19.3 Å². The van der Waals surface area contributed by atoms with Crippen LogP contribution >= 0.6 is 0 Å². The maximum atomic E-state index is 12.9. The number of hydrogen-bond donors (Lipinski definition) is 0. The fourth-order valence-corrected chi connectivity index (χ4v) is 10.8. The molecule has 6 nitrogen and oxygen atoms in total. The second kappa shape index (κ2) is 65.7. The number of allylic oxidation sites excluding steroid dienone is 2. The van der Waals surface area contributed by atoms with Gasteiger partial charge in [-0.3, -0.25) is 14.4 Å². The molecule has 0 aliphatic heterocycles. The van der Waals surface area contributed by atoms with Gasteiger partial charge in [-0.2, -0.15) is 0 Å². The Kier molecular flexibility index (Phi) is 64.1. The number of unbranched alkanes of at least 4 members (excludes halogenated alkanes) is 52. The third-order valence-electron chi connectivity index (χ3n) is 16.0. The molecule has 0 aromatic rings. The zero-order chi connectivity index (χ0) is 55.0. The minimum atomic E-state index is -0.767. The van der Waals surface area contributed by atoms with E-state index in [4.69, 9.17) is 14.2 Å². The van der Waals surface area contributed by atoms with Crippen molar-refractivity contribution in [1.29, 1.82) is 0 Å². The molecule has 0 radical (unpaired) electrons. The van der Waals surface area contributed by atoms with Crippen LogP contribution in [-0.2, 0) is 28.6 Å². The molecule has 0 aromatic heterocycles. The molecule has 0 saturated heterocycles. The van der Waals surface area contributed by atoms with Crippen LogP contribution < -0.4 is 0 Å². The molecule has 450 valence electrons. The summed E-state index contributed by atoms with van der Waals surface area (Å²) in [4.78, 5) is 38.4. The minimum absolute atomic E-state index is 0.0639. The molecule has 1 unspecified atom stereocenters. The van der Waals surface area contributed by atoms with Crippen LogP contribution in [0.5, 0.6) is 0 Å². The van der Waals surface area contributed by atoms with Crippen LogP contribution in [0, 0.1) is 0 Å². The molecule has 0 fully saturated rings. The highest BCUT2D eigenvalue weighted by Gasteiger charge is 2.19. The van der Waals surface area contributed by atoms with E-state index in [1.54, 1.807) is 0 Å². The Balaban J connectivity index is 4.19. The van der Waals surface area contributed by atoms with Gasteiger partial charge in [0.2, 0.25) is 0 Å². The summed E-state index contributed by atoms with van der Waals surface area (Å²) in [6, 6.07) is 0. The first-order valence-corrected chi connectivity index (χ1v) is 34.7. The van der Waals surface area contributed by atoms with Crippen LogP contribution in [0.1, 0.15) is 400 Å². The predicted octanol–water partition coefficient (Wildman–Crippen LogP) is 23.6. The normalized spacial score (nSPS) is 12.0. The first-order chi connectivity index (χ1) is 37.5. The van der Waals surface area contributed by atoms with Crippen molar-refractivity contribution in [2.75, 3.05) is 13.2 Å². The Labute approximate surface area is 475 Å². The maximum Gasteiger partial charge on any atom is 0.306 e. The first kappa shape index (κ1) is 74.2. The van der Waals surface area contributed by atoms with E-state index < -0.39 is 6.10 Å². The molecule has 1 atom stereocenters. The number of carbonyl (C=O) groups excluding carboxylic acids is 3. The van der Waals surface area contributed by atoms with Gasteiger partial charge >= 0.3 is 17.9 Å². The molecule has 0 aromatic carbocycles. The lowest BCUT2D eigenvalue weighted by Crippen LogP contribution is -2.30. The Bertz CT molecular complexity index is 1180. The minimum Gasteiger partial charge on any atom is -0.462 e. The molecular formula is C70H134O6. The van der Waals surface area contributed by atoms with Crippen molar-refractivity contribution in [2.45, 2.75) is 406 Å². The van der Waals surface area contributed by atoms with Gasteiger partial charge in [-0.25, -0.2) is 0 Å². The summed E-state index contributed by atoms with van der Waals surface area (Å²) < 4.78 is 17.0. The number of rotatable bonds is 65. The quantitative estimate of drug-likeness (QED) is 0.0261.